The quantitative estimate of drug-likeness (QED) is 0.894. The topological polar surface area (TPSA) is 67.4 Å². The van der Waals surface area contributed by atoms with Crippen LogP contribution >= 0.6 is 0 Å². The molecule has 0 saturated carbocycles. The Balaban J connectivity index is 2.09. The van der Waals surface area contributed by atoms with Crippen LogP contribution in [0.5, 0.6) is 5.75 Å². The van der Waals surface area contributed by atoms with Gasteiger partial charge in [0.1, 0.15) is 5.75 Å². The van der Waals surface area contributed by atoms with E-state index in [-0.39, 0.29) is 11.8 Å². The number of nitrogens with one attached hydrogen (secondary N) is 2. The SMILES string of the molecule is COc1ccc(NC(=O)c2cccc(NC(=O)C(C)(C)C)c2)cc1. The highest BCUT2D eigenvalue weighted by molar-refractivity contribution is 6.05. The average molecular weight is 326 g/mol. The molecule has 0 radical (unpaired) electrons. The lowest BCUT2D eigenvalue weighted by Gasteiger charge is -2.18. The molecule has 2 amide bonds. The molecule has 0 atom stereocenters. The lowest BCUT2D eigenvalue weighted by atomic mass is 9.95. The van der Waals surface area contributed by atoms with Gasteiger partial charge in [0, 0.05) is 22.4 Å². The lowest BCUT2D eigenvalue weighted by Crippen LogP contribution is -2.27. The van der Waals surface area contributed by atoms with Crippen molar-refractivity contribution in [3.8, 4) is 5.75 Å². The standard InChI is InChI=1S/C19H22N2O3/c1-19(2,3)18(23)21-15-7-5-6-13(12-15)17(22)20-14-8-10-16(24-4)11-9-14/h5-12H,1-4H3,(H,20,22)(H,21,23). The van der Waals surface area contributed by atoms with E-state index in [1.54, 1.807) is 55.6 Å². The van der Waals surface area contributed by atoms with E-state index >= 15 is 0 Å². The van der Waals surface area contributed by atoms with Gasteiger partial charge in [0.15, 0.2) is 0 Å². The predicted octanol–water partition coefficient (Wildman–Crippen LogP) is 3.93. The number of rotatable bonds is 4. The fraction of sp³-hybridized carbons (Fsp3) is 0.263. The highest BCUT2D eigenvalue weighted by Gasteiger charge is 2.21. The smallest absolute Gasteiger partial charge is 0.255 e. The van der Waals surface area contributed by atoms with Crippen molar-refractivity contribution >= 4 is 23.2 Å². The van der Waals surface area contributed by atoms with Crippen molar-refractivity contribution in [1.82, 2.24) is 0 Å². The van der Waals surface area contributed by atoms with E-state index in [1.165, 1.54) is 0 Å². The number of ether oxygens (including phenoxy) is 1. The Labute approximate surface area is 142 Å². The second kappa shape index (κ2) is 7.17. The summed E-state index contributed by atoms with van der Waals surface area (Å²) in [5.74, 6) is 0.377. The molecule has 0 aromatic heterocycles. The second-order valence-corrected chi connectivity index (χ2v) is 6.47. The first-order valence-corrected chi connectivity index (χ1v) is 7.66. The summed E-state index contributed by atoms with van der Waals surface area (Å²) >= 11 is 0. The molecule has 0 aliphatic heterocycles. The van der Waals surface area contributed by atoms with Gasteiger partial charge in [-0.25, -0.2) is 0 Å². The van der Waals surface area contributed by atoms with Crippen molar-refractivity contribution < 1.29 is 14.3 Å². The number of carbonyl (C=O) groups excluding carboxylic acids is 2. The van der Waals surface area contributed by atoms with Crippen LogP contribution in [0.4, 0.5) is 11.4 Å². The predicted molar refractivity (Wildman–Crippen MR) is 95.5 cm³/mol. The number of anilines is 2. The summed E-state index contributed by atoms with van der Waals surface area (Å²) in [7, 11) is 1.59. The Kier molecular flexibility index (Phi) is 5.24. The van der Waals surface area contributed by atoms with Crippen molar-refractivity contribution in [2.75, 3.05) is 17.7 Å². The van der Waals surface area contributed by atoms with E-state index in [0.29, 0.717) is 16.9 Å². The van der Waals surface area contributed by atoms with E-state index in [4.69, 9.17) is 4.74 Å². The Hall–Kier alpha value is -2.82. The monoisotopic (exact) mass is 326 g/mol. The molecular weight excluding hydrogens is 304 g/mol. The van der Waals surface area contributed by atoms with Crippen LogP contribution in [-0.2, 0) is 4.79 Å². The largest absolute Gasteiger partial charge is 0.497 e. The molecule has 2 rings (SSSR count). The lowest BCUT2D eigenvalue weighted by molar-refractivity contribution is -0.123. The molecule has 24 heavy (non-hydrogen) atoms. The minimum Gasteiger partial charge on any atom is -0.497 e. The Morgan fingerprint density at radius 2 is 1.58 bits per heavy atom. The van der Waals surface area contributed by atoms with Crippen LogP contribution in [0, 0.1) is 5.41 Å². The molecule has 0 aliphatic rings. The molecule has 0 aliphatic carbocycles. The highest BCUT2D eigenvalue weighted by atomic mass is 16.5. The molecule has 0 fully saturated rings. The molecule has 126 valence electrons. The molecule has 0 spiro atoms. The fourth-order valence-electron chi connectivity index (χ4n) is 1.93. The van der Waals surface area contributed by atoms with Crippen LogP contribution in [0.25, 0.3) is 0 Å². The van der Waals surface area contributed by atoms with E-state index in [1.807, 2.05) is 20.8 Å². The first-order valence-electron chi connectivity index (χ1n) is 7.66. The van der Waals surface area contributed by atoms with Crippen molar-refractivity contribution in [3.05, 3.63) is 54.1 Å². The van der Waals surface area contributed by atoms with Gasteiger partial charge in [-0.1, -0.05) is 26.8 Å². The van der Waals surface area contributed by atoms with Crippen LogP contribution in [0.2, 0.25) is 0 Å². The van der Waals surface area contributed by atoms with Gasteiger partial charge in [-0.2, -0.15) is 0 Å². The van der Waals surface area contributed by atoms with Gasteiger partial charge in [-0.15, -0.1) is 0 Å². The van der Waals surface area contributed by atoms with Gasteiger partial charge in [-0.05, 0) is 42.5 Å². The number of amides is 2. The maximum Gasteiger partial charge on any atom is 0.255 e. The Bertz CT molecular complexity index is 731. The Morgan fingerprint density at radius 1 is 0.917 bits per heavy atom. The number of carbonyl (C=O) groups is 2. The van der Waals surface area contributed by atoms with E-state index < -0.39 is 5.41 Å². The van der Waals surface area contributed by atoms with Gasteiger partial charge in [0.2, 0.25) is 5.91 Å². The van der Waals surface area contributed by atoms with E-state index in [2.05, 4.69) is 10.6 Å². The van der Waals surface area contributed by atoms with Crippen molar-refractivity contribution in [3.63, 3.8) is 0 Å². The summed E-state index contributed by atoms with van der Waals surface area (Å²) in [5, 5.41) is 5.63. The molecule has 2 aromatic rings. The first kappa shape index (κ1) is 17.5. The third kappa shape index (κ3) is 4.59. The summed E-state index contributed by atoms with van der Waals surface area (Å²) in [5.41, 5.74) is 1.24. The van der Waals surface area contributed by atoms with Crippen LogP contribution in [0.15, 0.2) is 48.5 Å². The minimum absolute atomic E-state index is 0.102. The zero-order chi connectivity index (χ0) is 17.7. The molecule has 5 nitrogen and oxygen atoms in total. The van der Waals surface area contributed by atoms with Gasteiger partial charge < -0.3 is 15.4 Å². The number of methoxy groups -OCH3 is 1. The molecule has 0 unspecified atom stereocenters. The number of benzene rings is 2. The minimum atomic E-state index is -0.499. The van der Waals surface area contributed by atoms with Gasteiger partial charge in [0.05, 0.1) is 7.11 Å². The zero-order valence-electron chi connectivity index (χ0n) is 14.3. The normalized spacial score (nSPS) is 10.8. The van der Waals surface area contributed by atoms with Gasteiger partial charge in [-0.3, -0.25) is 9.59 Å². The molecule has 0 bridgehead atoms. The zero-order valence-corrected chi connectivity index (χ0v) is 14.3. The van der Waals surface area contributed by atoms with E-state index in [0.717, 1.165) is 5.75 Å². The van der Waals surface area contributed by atoms with Crippen LogP contribution in [0.3, 0.4) is 0 Å². The van der Waals surface area contributed by atoms with Gasteiger partial charge >= 0.3 is 0 Å². The summed E-state index contributed by atoms with van der Waals surface area (Å²) < 4.78 is 5.09. The molecule has 5 heteroatoms. The van der Waals surface area contributed by atoms with Crippen molar-refractivity contribution in [1.29, 1.82) is 0 Å². The van der Waals surface area contributed by atoms with Crippen molar-refractivity contribution in [2.24, 2.45) is 5.41 Å². The third-order valence-corrected chi connectivity index (χ3v) is 3.41. The highest BCUT2D eigenvalue weighted by Crippen LogP contribution is 2.19. The Morgan fingerprint density at radius 3 is 2.17 bits per heavy atom. The summed E-state index contributed by atoms with van der Waals surface area (Å²) in [6, 6.07) is 13.9. The summed E-state index contributed by atoms with van der Waals surface area (Å²) in [4.78, 5) is 24.4. The molecule has 2 N–H and O–H groups in total. The maximum atomic E-state index is 12.3. The number of hydrogen-bond donors (Lipinski definition) is 2. The van der Waals surface area contributed by atoms with Crippen molar-refractivity contribution in [2.45, 2.75) is 20.8 Å². The molecule has 0 heterocycles. The molecule has 2 aromatic carbocycles. The van der Waals surface area contributed by atoms with Gasteiger partial charge in [0.25, 0.3) is 5.91 Å². The first-order chi connectivity index (χ1) is 11.3. The molecule has 0 saturated heterocycles. The third-order valence-electron chi connectivity index (χ3n) is 3.41. The van der Waals surface area contributed by atoms with Crippen LogP contribution in [-0.4, -0.2) is 18.9 Å². The van der Waals surface area contributed by atoms with E-state index in [9.17, 15) is 9.59 Å². The van der Waals surface area contributed by atoms with Crippen LogP contribution < -0.4 is 15.4 Å². The fourth-order valence-corrected chi connectivity index (χ4v) is 1.93. The second-order valence-electron chi connectivity index (χ2n) is 6.47. The molecular formula is C19H22N2O3. The summed E-state index contributed by atoms with van der Waals surface area (Å²) in [6.45, 7) is 5.51. The van der Waals surface area contributed by atoms with Crippen LogP contribution in [0.1, 0.15) is 31.1 Å². The number of hydrogen-bond acceptors (Lipinski definition) is 3. The average Bonchev–Trinajstić information content (AvgIpc) is 2.55. The summed E-state index contributed by atoms with van der Waals surface area (Å²) in [6.07, 6.45) is 0. The maximum absolute atomic E-state index is 12.3.